The third kappa shape index (κ3) is 4.14. The van der Waals surface area contributed by atoms with Crippen molar-refractivity contribution in [2.75, 3.05) is 25.5 Å². The molecule has 2 heterocycles. The van der Waals surface area contributed by atoms with Gasteiger partial charge < -0.3 is 15.5 Å². The lowest BCUT2D eigenvalue weighted by Gasteiger charge is -2.33. The van der Waals surface area contributed by atoms with Gasteiger partial charge in [0.25, 0.3) is 5.91 Å². The minimum Gasteiger partial charge on any atom is -0.378 e. The van der Waals surface area contributed by atoms with E-state index >= 15 is 0 Å². The number of carbonyl (C=O) groups excluding carboxylic acids is 2. The highest BCUT2D eigenvalue weighted by molar-refractivity contribution is 7.10. The van der Waals surface area contributed by atoms with E-state index in [4.69, 9.17) is 0 Å². The Morgan fingerprint density at radius 1 is 1.12 bits per heavy atom. The fraction of sp³-hybridized carbons (Fsp3) is 0.722. The Morgan fingerprint density at radius 3 is 2.44 bits per heavy atom. The van der Waals surface area contributed by atoms with E-state index in [9.17, 15) is 9.59 Å². The smallest absolute Gasteiger partial charge is 0.258 e. The van der Waals surface area contributed by atoms with E-state index in [0.717, 1.165) is 36.4 Å². The van der Waals surface area contributed by atoms with Gasteiger partial charge in [-0.2, -0.15) is 4.37 Å². The van der Waals surface area contributed by atoms with E-state index < -0.39 is 0 Å². The third-order valence-electron chi connectivity index (χ3n) is 5.41. The number of rotatable bonds is 4. The molecule has 1 aromatic heterocycles. The Balaban J connectivity index is 1.52. The van der Waals surface area contributed by atoms with Crippen LogP contribution in [0.2, 0.25) is 0 Å². The molecule has 0 bridgehead atoms. The fourth-order valence-electron chi connectivity index (χ4n) is 3.86. The van der Waals surface area contributed by atoms with E-state index in [1.54, 1.807) is 0 Å². The molecule has 0 atom stereocenters. The molecular weight excluding hydrogens is 336 g/mol. The molecule has 6 nitrogen and oxygen atoms in total. The first-order valence-corrected chi connectivity index (χ1v) is 10.1. The lowest BCUT2D eigenvalue weighted by atomic mass is 9.88. The molecule has 0 radical (unpaired) electrons. The standard InChI is InChI=1S/C18H28N4O2S/c1-12-15(17(19-2)25-21-12)18(24)22-10-8-14(9-11-22)20-16(23)13-6-4-3-5-7-13/h13-14,19H,3-11H2,1-2H3,(H,20,23). The maximum absolute atomic E-state index is 12.8. The quantitative estimate of drug-likeness (QED) is 0.861. The van der Waals surface area contributed by atoms with Gasteiger partial charge in [0.15, 0.2) is 0 Å². The number of nitrogens with one attached hydrogen (secondary N) is 2. The molecule has 2 amide bonds. The van der Waals surface area contributed by atoms with Crippen LogP contribution in [0.3, 0.4) is 0 Å². The van der Waals surface area contributed by atoms with Crippen molar-refractivity contribution in [3.63, 3.8) is 0 Å². The summed E-state index contributed by atoms with van der Waals surface area (Å²) in [6, 6.07) is 0.198. The number of carbonyl (C=O) groups is 2. The lowest BCUT2D eigenvalue weighted by molar-refractivity contribution is -0.126. The first-order valence-electron chi connectivity index (χ1n) is 9.33. The molecule has 0 aromatic carbocycles. The molecule has 7 heteroatoms. The summed E-state index contributed by atoms with van der Waals surface area (Å²) < 4.78 is 4.28. The molecule has 2 aliphatic rings. The predicted molar refractivity (Wildman–Crippen MR) is 100 cm³/mol. The third-order valence-corrected chi connectivity index (χ3v) is 6.36. The van der Waals surface area contributed by atoms with Gasteiger partial charge in [-0.1, -0.05) is 19.3 Å². The van der Waals surface area contributed by atoms with E-state index in [-0.39, 0.29) is 23.8 Å². The van der Waals surface area contributed by atoms with Gasteiger partial charge in [0.2, 0.25) is 5.91 Å². The zero-order valence-electron chi connectivity index (χ0n) is 15.1. The van der Waals surface area contributed by atoms with Crippen molar-refractivity contribution in [1.82, 2.24) is 14.6 Å². The van der Waals surface area contributed by atoms with E-state index in [1.165, 1.54) is 30.8 Å². The van der Waals surface area contributed by atoms with Crippen molar-refractivity contribution >= 4 is 28.3 Å². The van der Waals surface area contributed by atoms with Crippen LogP contribution in [-0.2, 0) is 4.79 Å². The summed E-state index contributed by atoms with van der Waals surface area (Å²) in [5.41, 5.74) is 1.48. The van der Waals surface area contributed by atoms with Gasteiger partial charge in [-0.05, 0) is 44.1 Å². The molecule has 0 spiro atoms. The maximum atomic E-state index is 12.8. The molecule has 25 heavy (non-hydrogen) atoms. The number of piperidine rings is 1. The Hall–Kier alpha value is -1.63. The number of hydrogen-bond acceptors (Lipinski definition) is 5. The lowest BCUT2D eigenvalue weighted by Crippen LogP contribution is -2.48. The van der Waals surface area contributed by atoms with Crippen LogP contribution in [0.4, 0.5) is 5.00 Å². The zero-order chi connectivity index (χ0) is 17.8. The van der Waals surface area contributed by atoms with Gasteiger partial charge in [-0.25, -0.2) is 0 Å². The predicted octanol–water partition coefficient (Wildman–Crippen LogP) is 2.79. The number of amides is 2. The first kappa shape index (κ1) is 18.2. The van der Waals surface area contributed by atoms with Crippen molar-refractivity contribution in [1.29, 1.82) is 0 Å². The second-order valence-electron chi connectivity index (χ2n) is 7.13. The van der Waals surface area contributed by atoms with Crippen LogP contribution in [0.1, 0.15) is 61.0 Å². The van der Waals surface area contributed by atoms with Crippen LogP contribution in [0, 0.1) is 12.8 Å². The Labute approximate surface area is 153 Å². The second-order valence-corrected chi connectivity index (χ2v) is 7.91. The average Bonchev–Trinajstić information content (AvgIpc) is 3.03. The first-order chi connectivity index (χ1) is 12.1. The molecule has 1 aromatic rings. The summed E-state index contributed by atoms with van der Waals surface area (Å²) in [4.78, 5) is 27.1. The summed E-state index contributed by atoms with van der Waals surface area (Å²) in [7, 11) is 1.82. The summed E-state index contributed by atoms with van der Waals surface area (Å²) in [6.07, 6.45) is 7.32. The van der Waals surface area contributed by atoms with Gasteiger partial charge in [0.1, 0.15) is 5.00 Å². The SMILES string of the molecule is CNc1snc(C)c1C(=O)N1CCC(NC(=O)C2CCCCC2)CC1. The number of aromatic nitrogens is 1. The topological polar surface area (TPSA) is 74.3 Å². The molecular formula is C18H28N4O2S. The molecule has 138 valence electrons. The van der Waals surface area contributed by atoms with Gasteiger partial charge in [0, 0.05) is 32.1 Å². The summed E-state index contributed by atoms with van der Waals surface area (Å²) in [5.74, 6) is 0.471. The number of aryl methyl sites for hydroxylation is 1. The normalized spacial score (nSPS) is 19.7. The van der Waals surface area contributed by atoms with Crippen LogP contribution < -0.4 is 10.6 Å². The van der Waals surface area contributed by atoms with Crippen LogP contribution in [0.25, 0.3) is 0 Å². The zero-order valence-corrected chi connectivity index (χ0v) is 16.0. The molecule has 3 rings (SSSR count). The average molecular weight is 365 g/mol. The Bertz CT molecular complexity index is 617. The summed E-state index contributed by atoms with van der Waals surface area (Å²) in [5, 5.41) is 7.11. The monoisotopic (exact) mass is 364 g/mol. The van der Waals surface area contributed by atoms with Crippen molar-refractivity contribution in [3.05, 3.63) is 11.3 Å². The molecule has 2 fully saturated rings. The number of hydrogen-bond donors (Lipinski definition) is 2. The van der Waals surface area contributed by atoms with Gasteiger partial charge in [0.05, 0.1) is 11.3 Å². The maximum Gasteiger partial charge on any atom is 0.258 e. The van der Waals surface area contributed by atoms with Crippen LogP contribution in [-0.4, -0.2) is 47.3 Å². The number of likely N-dealkylation sites (tertiary alicyclic amines) is 1. The van der Waals surface area contributed by atoms with Crippen molar-refractivity contribution < 1.29 is 9.59 Å². The highest BCUT2D eigenvalue weighted by Gasteiger charge is 2.29. The van der Waals surface area contributed by atoms with Crippen LogP contribution in [0.5, 0.6) is 0 Å². The van der Waals surface area contributed by atoms with E-state index in [1.807, 2.05) is 18.9 Å². The fourth-order valence-corrected chi connectivity index (χ4v) is 4.60. The molecule has 1 saturated carbocycles. The van der Waals surface area contributed by atoms with Crippen molar-refractivity contribution in [2.45, 2.75) is 57.9 Å². The van der Waals surface area contributed by atoms with Crippen LogP contribution in [0.15, 0.2) is 0 Å². The number of nitrogens with zero attached hydrogens (tertiary/aromatic N) is 2. The largest absolute Gasteiger partial charge is 0.378 e. The van der Waals surface area contributed by atoms with Crippen molar-refractivity contribution in [2.24, 2.45) is 5.92 Å². The van der Waals surface area contributed by atoms with E-state index in [2.05, 4.69) is 15.0 Å². The van der Waals surface area contributed by atoms with Crippen LogP contribution >= 0.6 is 11.5 Å². The molecule has 1 aliphatic carbocycles. The highest BCUT2D eigenvalue weighted by Crippen LogP contribution is 2.27. The van der Waals surface area contributed by atoms with E-state index in [0.29, 0.717) is 18.7 Å². The minimum absolute atomic E-state index is 0.0488. The molecule has 1 saturated heterocycles. The molecule has 1 aliphatic heterocycles. The van der Waals surface area contributed by atoms with Gasteiger partial charge in [-0.15, -0.1) is 0 Å². The van der Waals surface area contributed by atoms with Gasteiger partial charge >= 0.3 is 0 Å². The summed E-state index contributed by atoms with van der Waals surface area (Å²) >= 11 is 1.33. The number of anilines is 1. The minimum atomic E-state index is 0.0488. The van der Waals surface area contributed by atoms with Crippen molar-refractivity contribution in [3.8, 4) is 0 Å². The molecule has 0 unspecified atom stereocenters. The second kappa shape index (κ2) is 8.17. The Morgan fingerprint density at radius 2 is 1.80 bits per heavy atom. The summed E-state index contributed by atoms with van der Waals surface area (Å²) in [6.45, 7) is 3.25. The van der Waals surface area contributed by atoms with Gasteiger partial charge in [-0.3, -0.25) is 9.59 Å². The molecule has 2 N–H and O–H groups in total. The highest BCUT2D eigenvalue weighted by atomic mass is 32.1. The Kier molecular flexibility index (Phi) is 5.93.